The quantitative estimate of drug-likeness (QED) is 0.0790. The Hall–Kier alpha value is -2.64. The van der Waals surface area contributed by atoms with Crippen molar-refractivity contribution in [2.24, 2.45) is 4.99 Å². The minimum atomic E-state index is -0.966. The Balaban J connectivity index is 1.36. The van der Waals surface area contributed by atoms with Crippen LogP contribution >= 0.6 is 7.26 Å². The average Bonchev–Trinajstić information content (AvgIpc) is 3.15. The van der Waals surface area contributed by atoms with Gasteiger partial charge in [0.15, 0.2) is 5.96 Å². The van der Waals surface area contributed by atoms with E-state index in [9.17, 15) is 0 Å². The Kier molecular flexibility index (Phi) is 16.2. The zero-order chi connectivity index (χ0) is 34.9. The van der Waals surface area contributed by atoms with Gasteiger partial charge >= 0.3 is 0 Å². The molecule has 0 aromatic heterocycles. The molecule has 2 N–H and O–H groups in total. The van der Waals surface area contributed by atoms with Crippen molar-refractivity contribution < 1.29 is 0 Å². The van der Waals surface area contributed by atoms with Crippen LogP contribution in [0.15, 0.2) is 77.8 Å². The fourth-order valence-electron chi connectivity index (χ4n) is 8.31. The maximum Gasteiger partial charge on any atom is 0.192 e. The van der Waals surface area contributed by atoms with Crippen LogP contribution in [-0.2, 0) is 12.6 Å². The lowest BCUT2D eigenvalue weighted by Crippen LogP contribution is -2.48. The number of fused-ring (bicyclic) bond motifs is 1. The van der Waals surface area contributed by atoms with Gasteiger partial charge < -0.3 is 10.6 Å². The first-order chi connectivity index (χ1) is 24.6. The molecule has 0 spiro atoms. The molecule has 272 valence electrons. The summed E-state index contributed by atoms with van der Waals surface area (Å²) in [4.78, 5) is 5.39. The van der Waals surface area contributed by atoms with Crippen LogP contribution in [0.1, 0.15) is 140 Å². The third kappa shape index (κ3) is 12.5. The fraction of sp³-hybridized carbons (Fsp3) is 0.587. The molecule has 50 heavy (non-hydrogen) atoms. The molecule has 1 atom stereocenters. The average molecular weight is 695 g/mol. The minimum absolute atomic E-state index is 0.143. The second-order valence-electron chi connectivity index (χ2n) is 15.7. The Morgan fingerprint density at radius 3 is 1.96 bits per heavy atom. The maximum atomic E-state index is 5.39. The maximum absolute atomic E-state index is 5.39. The molecule has 5 rings (SSSR count). The van der Waals surface area contributed by atoms with Crippen LogP contribution in [0.5, 0.6) is 0 Å². The van der Waals surface area contributed by atoms with E-state index in [1.54, 1.807) is 5.56 Å². The molecule has 2 aliphatic rings. The van der Waals surface area contributed by atoms with Gasteiger partial charge in [-0.05, 0) is 78.8 Å². The first kappa shape index (κ1) is 38.6. The first-order valence-electron chi connectivity index (χ1n) is 20.8. The molecule has 4 heteroatoms. The van der Waals surface area contributed by atoms with E-state index in [-0.39, 0.29) is 6.04 Å². The summed E-state index contributed by atoms with van der Waals surface area (Å²) in [5.74, 6) is 1.03. The lowest BCUT2D eigenvalue weighted by molar-refractivity contribution is 0.403. The number of rotatable bonds is 18. The highest BCUT2D eigenvalue weighted by molar-refractivity contribution is 7.75. The van der Waals surface area contributed by atoms with E-state index in [0.29, 0.717) is 12.1 Å². The molecule has 3 aromatic carbocycles. The van der Waals surface area contributed by atoms with Crippen molar-refractivity contribution >= 4 is 30.1 Å². The third-order valence-corrected chi connectivity index (χ3v) is 16.2. The molecule has 3 nitrogen and oxygen atoms in total. The van der Waals surface area contributed by atoms with Gasteiger partial charge in [-0.15, -0.1) is 0 Å². The van der Waals surface area contributed by atoms with Crippen LogP contribution in [0, 0.1) is 0 Å². The summed E-state index contributed by atoms with van der Waals surface area (Å²) < 4.78 is 0. The smallest absolute Gasteiger partial charge is 0.192 e. The van der Waals surface area contributed by atoms with Crippen LogP contribution in [0.3, 0.4) is 0 Å². The number of guanidine groups is 1. The van der Waals surface area contributed by atoms with Crippen LogP contribution in [0.4, 0.5) is 0 Å². The number of aliphatic imine (C=N–C) groups is 1. The summed E-state index contributed by atoms with van der Waals surface area (Å²) in [6.45, 7) is 7.11. The standard InChI is InChI=1S/C46H69N3P/c1-4-7-32-50(33-8-5-2,34-9-6-3)37-39-26-24-38(25-27-39)29-31-45(36-40-28-30-41-18-16-17-19-42(41)35-40)49-46(47-43-20-12-10-13-21-43)48-44-22-14-11-15-23-44/h16-19,24-31,35,43-45H,4-15,20-23,32-34,36-37H2,1-3H3,(H2,47,48,49)/q+1/b31-29+/t45-/m1/s1. The lowest BCUT2D eigenvalue weighted by atomic mass is 9.95. The summed E-state index contributed by atoms with van der Waals surface area (Å²) in [6, 6.07) is 26.5. The molecule has 2 aliphatic carbocycles. The number of unbranched alkanes of at least 4 members (excludes halogenated alkanes) is 3. The highest BCUT2D eigenvalue weighted by Crippen LogP contribution is 2.63. The van der Waals surface area contributed by atoms with Gasteiger partial charge in [-0.1, -0.05) is 157 Å². The van der Waals surface area contributed by atoms with E-state index in [1.807, 2.05) is 0 Å². The van der Waals surface area contributed by atoms with Crippen molar-refractivity contribution in [3.05, 3.63) is 89.5 Å². The molecule has 3 aromatic rings. The van der Waals surface area contributed by atoms with Gasteiger partial charge in [0.2, 0.25) is 0 Å². The first-order valence-corrected chi connectivity index (χ1v) is 23.3. The molecule has 0 amide bonds. The summed E-state index contributed by atoms with van der Waals surface area (Å²) in [5.41, 5.74) is 4.22. The number of hydrogen-bond acceptors (Lipinski definition) is 1. The van der Waals surface area contributed by atoms with Crippen LogP contribution in [0.2, 0.25) is 0 Å². The lowest BCUT2D eigenvalue weighted by Gasteiger charge is -2.29. The summed E-state index contributed by atoms with van der Waals surface area (Å²) in [7, 11) is -0.966. The van der Waals surface area contributed by atoms with E-state index in [1.165, 1.54) is 149 Å². The van der Waals surface area contributed by atoms with Crippen molar-refractivity contribution in [2.75, 3.05) is 18.5 Å². The predicted octanol–water partition coefficient (Wildman–Crippen LogP) is 12.6. The Morgan fingerprint density at radius 2 is 1.32 bits per heavy atom. The number of nitrogens with one attached hydrogen (secondary N) is 2. The van der Waals surface area contributed by atoms with Crippen LogP contribution < -0.4 is 10.6 Å². The van der Waals surface area contributed by atoms with E-state index in [0.717, 1.165) is 12.4 Å². The van der Waals surface area contributed by atoms with E-state index in [4.69, 9.17) is 4.99 Å². The van der Waals surface area contributed by atoms with E-state index in [2.05, 4.69) is 110 Å². The molecule has 0 heterocycles. The molecule has 0 unspecified atom stereocenters. The van der Waals surface area contributed by atoms with Crippen molar-refractivity contribution in [1.82, 2.24) is 10.6 Å². The van der Waals surface area contributed by atoms with Crippen molar-refractivity contribution in [3.8, 4) is 0 Å². The highest BCUT2D eigenvalue weighted by atomic mass is 31.2. The molecule has 0 bridgehead atoms. The van der Waals surface area contributed by atoms with Crippen molar-refractivity contribution in [2.45, 2.75) is 154 Å². The van der Waals surface area contributed by atoms with Gasteiger partial charge in [-0.2, -0.15) is 0 Å². The van der Waals surface area contributed by atoms with Gasteiger partial charge in [0.05, 0.1) is 36.7 Å². The number of hydrogen-bond donors (Lipinski definition) is 2. The van der Waals surface area contributed by atoms with Crippen molar-refractivity contribution in [1.29, 1.82) is 0 Å². The Bertz CT molecular complexity index is 1430. The molecule has 0 saturated heterocycles. The normalized spacial score (nSPS) is 17.4. The fourth-order valence-corrected chi connectivity index (χ4v) is 13.4. The predicted molar refractivity (Wildman–Crippen MR) is 224 cm³/mol. The van der Waals surface area contributed by atoms with E-state index < -0.39 is 7.26 Å². The van der Waals surface area contributed by atoms with Gasteiger partial charge in [-0.3, -0.25) is 0 Å². The largest absolute Gasteiger partial charge is 0.354 e. The topological polar surface area (TPSA) is 36.4 Å². The zero-order valence-corrected chi connectivity index (χ0v) is 32.9. The SMILES string of the molecule is CCCC[P+](CCCC)(CCCC)Cc1ccc(/C=C/[C@H](Cc2ccc3ccccc3c2)NC(=NC2CCCCC2)NC2CCCCC2)cc1. The van der Waals surface area contributed by atoms with E-state index >= 15 is 0 Å². The number of benzene rings is 3. The highest BCUT2D eigenvalue weighted by Gasteiger charge is 2.35. The second-order valence-corrected chi connectivity index (χ2v) is 20.1. The Labute approximate surface area is 306 Å². The van der Waals surface area contributed by atoms with Crippen molar-refractivity contribution in [3.63, 3.8) is 0 Å². The van der Waals surface area contributed by atoms with Crippen LogP contribution in [-0.4, -0.2) is 42.6 Å². The zero-order valence-electron chi connectivity index (χ0n) is 32.0. The monoisotopic (exact) mass is 695 g/mol. The Morgan fingerprint density at radius 1 is 0.720 bits per heavy atom. The summed E-state index contributed by atoms with van der Waals surface area (Å²) in [5, 5.41) is 10.5. The van der Waals surface area contributed by atoms with Gasteiger partial charge in [-0.25, -0.2) is 4.99 Å². The van der Waals surface area contributed by atoms with Gasteiger partial charge in [0, 0.05) is 13.3 Å². The molecule has 2 saturated carbocycles. The summed E-state index contributed by atoms with van der Waals surface area (Å²) >= 11 is 0. The van der Waals surface area contributed by atoms with Crippen LogP contribution in [0.25, 0.3) is 16.8 Å². The van der Waals surface area contributed by atoms with Gasteiger partial charge in [0.25, 0.3) is 0 Å². The molecular formula is C46H69N3P+. The third-order valence-electron chi connectivity index (χ3n) is 11.4. The molecule has 0 radical (unpaired) electrons. The second kappa shape index (κ2) is 21.0. The van der Waals surface area contributed by atoms with Gasteiger partial charge in [0.1, 0.15) is 0 Å². The minimum Gasteiger partial charge on any atom is -0.354 e. The number of nitrogens with zero attached hydrogens (tertiary/aromatic N) is 1. The molecule has 2 fully saturated rings. The molecule has 0 aliphatic heterocycles. The summed E-state index contributed by atoms with van der Waals surface area (Å²) in [6.07, 6.45) is 32.5. The molecular weight excluding hydrogens is 626 g/mol.